The number of carbonyl (C=O) groups is 1. The number of nitrogens with one attached hydrogen (secondary N) is 1. The van der Waals surface area contributed by atoms with E-state index in [0.717, 1.165) is 6.42 Å². The van der Waals surface area contributed by atoms with Crippen molar-refractivity contribution in [2.24, 2.45) is 5.92 Å². The zero-order valence-electron chi connectivity index (χ0n) is 8.38. The van der Waals surface area contributed by atoms with E-state index in [1.165, 1.54) is 0 Å². The highest BCUT2D eigenvalue weighted by Crippen LogP contribution is 2.09. The van der Waals surface area contributed by atoms with Crippen LogP contribution < -0.4 is 4.84 Å². The fraction of sp³-hybridized carbons (Fsp3) is 0.889. The summed E-state index contributed by atoms with van der Waals surface area (Å²) in [5, 5.41) is 9.58. The summed E-state index contributed by atoms with van der Waals surface area (Å²) in [5.74, 6) is -0.314. The molecule has 0 rings (SSSR count). The molecule has 0 aromatic carbocycles. The van der Waals surface area contributed by atoms with E-state index in [4.69, 9.17) is 11.8 Å². The predicted molar refractivity (Wildman–Crippen MR) is 53.5 cm³/mol. The molecule has 0 radical (unpaired) electrons. The minimum absolute atomic E-state index is 0.153. The molecule has 0 aromatic heterocycles. The molecular formula is C9H18ClNO2. The van der Waals surface area contributed by atoms with Gasteiger partial charge in [0, 0.05) is 5.92 Å². The molecule has 0 bridgehead atoms. The van der Waals surface area contributed by atoms with Crippen LogP contribution in [-0.2, 0) is 4.79 Å². The van der Waals surface area contributed by atoms with Crippen LogP contribution in [0.25, 0.3) is 0 Å². The Morgan fingerprint density at radius 2 is 2.08 bits per heavy atom. The maximum atomic E-state index is 11.4. The van der Waals surface area contributed by atoms with Gasteiger partial charge in [0.1, 0.15) is 6.10 Å². The molecule has 3 nitrogen and oxygen atoms in total. The lowest BCUT2D eigenvalue weighted by atomic mass is 9.96. The molecule has 2 N–H and O–H groups in total. The van der Waals surface area contributed by atoms with E-state index in [9.17, 15) is 9.90 Å². The fourth-order valence-electron chi connectivity index (χ4n) is 1.12. The Kier molecular flexibility index (Phi) is 6.29. The van der Waals surface area contributed by atoms with Crippen molar-refractivity contribution in [2.75, 3.05) is 0 Å². The minimum Gasteiger partial charge on any atom is -0.384 e. The quantitative estimate of drug-likeness (QED) is 0.649. The van der Waals surface area contributed by atoms with Crippen LogP contribution in [0, 0.1) is 5.92 Å². The molecule has 1 unspecified atom stereocenters. The summed E-state index contributed by atoms with van der Waals surface area (Å²) in [6, 6.07) is -0.332. The van der Waals surface area contributed by atoms with E-state index in [2.05, 4.69) is 4.84 Å². The number of ketones is 1. The van der Waals surface area contributed by atoms with Crippen LogP contribution in [0.2, 0.25) is 0 Å². The lowest BCUT2D eigenvalue weighted by molar-refractivity contribution is -0.131. The summed E-state index contributed by atoms with van der Waals surface area (Å²) in [6.45, 7) is 5.51. The highest BCUT2D eigenvalue weighted by Gasteiger charge is 2.26. The first kappa shape index (κ1) is 12.9. The van der Waals surface area contributed by atoms with E-state index in [1.807, 2.05) is 6.92 Å². The van der Waals surface area contributed by atoms with Gasteiger partial charge in [0.05, 0.1) is 6.04 Å². The van der Waals surface area contributed by atoms with Crippen molar-refractivity contribution in [1.82, 2.24) is 4.84 Å². The van der Waals surface area contributed by atoms with Crippen molar-refractivity contribution >= 4 is 17.6 Å². The van der Waals surface area contributed by atoms with Gasteiger partial charge in [-0.05, 0) is 18.2 Å². The van der Waals surface area contributed by atoms with Crippen LogP contribution in [0.15, 0.2) is 0 Å². The second-order valence-corrected chi connectivity index (χ2v) is 3.72. The molecule has 0 aliphatic heterocycles. The van der Waals surface area contributed by atoms with Gasteiger partial charge in [-0.1, -0.05) is 27.2 Å². The highest BCUT2D eigenvalue weighted by molar-refractivity contribution is 6.13. The van der Waals surface area contributed by atoms with Crippen LogP contribution in [0.5, 0.6) is 0 Å². The zero-order valence-corrected chi connectivity index (χ0v) is 9.14. The number of aliphatic hydroxyl groups excluding tert-OH is 1. The molecular weight excluding hydrogens is 190 g/mol. The number of hydrogen-bond donors (Lipinski definition) is 2. The molecule has 0 aliphatic carbocycles. The molecule has 13 heavy (non-hydrogen) atoms. The van der Waals surface area contributed by atoms with Gasteiger partial charge in [-0.3, -0.25) is 4.79 Å². The minimum atomic E-state index is -0.988. The summed E-state index contributed by atoms with van der Waals surface area (Å²) >= 11 is 5.43. The number of carbonyl (C=O) groups excluding carboxylic acids is 1. The van der Waals surface area contributed by atoms with Gasteiger partial charge in [0.25, 0.3) is 0 Å². The zero-order chi connectivity index (χ0) is 10.4. The molecule has 0 spiro atoms. The molecule has 0 aliphatic rings. The van der Waals surface area contributed by atoms with Gasteiger partial charge in [0.2, 0.25) is 0 Å². The molecule has 0 fully saturated rings. The Morgan fingerprint density at radius 3 is 2.38 bits per heavy atom. The second-order valence-electron chi connectivity index (χ2n) is 3.51. The van der Waals surface area contributed by atoms with Crippen LogP contribution in [0.1, 0.15) is 33.6 Å². The molecule has 0 saturated heterocycles. The molecule has 0 amide bonds. The third-order valence-electron chi connectivity index (χ3n) is 1.98. The Morgan fingerprint density at radius 1 is 1.54 bits per heavy atom. The summed E-state index contributed by atoms with van der Waals surface area (Å²) < 4.78 is 0. The third kappa shape index (κ3) is 4.07. The fourth-order valence-corrected chi connectivity index (χ4v) is 1.35. The van der Waals surface area contributed by atoms with E-state index in [0.29, 0.717) is 6.42 Å². The summed E-state index contributed by atoms with van der Waals surface area (Å²) in [4.78, 5) is 13.8. The first-order valence-electron chi connectivity index (χ1n) is 4.62. The molecule has 0 heterocycles. The average molecular weight is 208 g/mol. The molecule has 4 heteroatoms. The lowest BCUT2D eigenvalue weighted by Crippen LogP contribution is -2.42. The van der Waals surface area contributed by atoms with E-state index in [-0.39, 0.29) is 17.7 Å². The van der Waals surface area contributed by atoms with E-state index < -0.39 is 6.10 Å². The second kappa shape index (κ2) is 6.35. The Bertz CT molecular complexity index is 162. The Balaban J connectivity index is 4.18. The summed E-state index contributed by atoms with van der Waals surface area (Å²) in [7, 11) is 0. The first-order valence-corrected chi connectivity index (χ1v) is 5.00. The van der Waals surface area contributed by atoms with Gasteiger partial charge >= 0.3 is 0 Å². The topological polar surface area (TPSA) is 49.3 Å². The Labute approximate surface area is 84.6 Å². The normalized spacial score (nSPS) is 15.8. The lowest BCUT2D eigenvalue weighted by Gasteiger charge is -2.20. The number of Topliss-reactive ketones (excluding diaryl/α,β-unsaturated/α-hetero) is 1. The van der Waals surface area contributed by atoms with Gasteiger partial charge in [-0.2, -0.15) is 0 Å². The average Bonchev–Trinajstić information content (AvgIpc) is 2.11. The maximum absolute atomic E-state index is 11.4. The van der Waals surface area contributed by atoms with Crippen LogP contribution in [-0.4, -0.2) is 23.0 Å². The van der Waals surface area contributed by atoms with Crippen LogP contribution in [0.4, 0.5) is 0 Å². The molecule has 78 valence electrons. The molecule has 2 atom stereocenters. The largest absolute Gasteiger partial charge is 0.384 e. The highest BCUT2D eigenvalue weighted by atomic mass is 35.5. The van der Waals surface area contributed by atoms with Gasteiger partial charge < -0.3 is 5.11 Å². The van der Waals surface area contributed by atoms with Crippen molar-refractivity contribution in [3.63, 3.8) is 0 Å². The van der Waals surface area contributed by atoms with Crippen molar-refractivity contribution < 1.29 is 9.90 Å². The standard InChI is InChI=1S/C9H18ClNO2/c1-4-5-7(11-10)9(13)8(12)6(2)3/h6-7,9,11,13H,4-5H2,1-3H3/t7-,9?/m0/s1. The van der Waals surface area contributed by atoms with Crippen molar-refractivity contribution in [3.8, 4) is 0 Å². The smallest absolute Gasteiger partial charge is 0.165 e. The Hall–Kier alpha value is -0.120. The molecule has 0 saturated carbocycles. The van der Waals surface area contributed by atoms with Gasteiger partial charge in [0.15, 0.2) is 5.78 Å². The monoisotopic (exact) mass is 207 g/mol. The van der Waals surface area contributed by atoms with Crippen LogP contribution >= 0.6 is 11.8 Å². The van der Waals surface area contributed by atoms with Crippen molar-refractivity contribution in [3.05, 3.63) is 0 Å². The van der Waals surface area contributed by atoms with Crippen molar-refractivity contribution in [1.29, 1.82) is 0 Å². The number of halogens is 1. The first-order chi connectivity index (χ1) is 6.04. The SMILES string of the molecule is CCC[C@H](NCl)C(O)C(=O)C(C)C. The number of rotatable bonds is 6. The maximum Gasteiger partial charge on any atom is 0.165 e. The number of aliphatic hydroxyl groups is 1. The number of hydrogen-bond acceptors (Lipinski definition) is 3. The third-order valence-corrected chi connectivity index (χ3v) is 2.26. The van der Waals surface area contributed by atoms with Gasteiger partial charge in [-0.25, -0.2) is 4.84 Å². The van der Waals surface area contributed by atoms with E-state index >= 15 is 0 Å². The van der Waals surface area contributed by atoms with E-state index in [1.54, 1.807) is 13.8 Å². The van der Waals surface area contributed by atoms with Gasteiger partial charge in [-0.15, -0.1) is 0 Å². The van der Waals surface area contributed by atoms with Crippen LogP contribution in [0.3, 0.4) is 0 Å². The molecule has 0 aromatic rings. The van der Waals surface area contributed by atoms with Crippen molar-refractivity contribution in [2.45, 2.75) is 45.8 Å². The summed E-state index contributed by atoms with van der Waals surface area (Å²) in [6.07, 6.45) is 0.591. The predicted octanol–water partition coefficient (Wildman–Crippen LogP) is 1.48. The summed E-state index contributed by atoms with van der Waals surface area (Å²) in [5.41, 5.74) is 0.